The summed E-state index contributed by atoms with van der Waals surface area (Å²) in [6.07, 6.45) is -0.104. The predicted octanol–water partition coefficient (Wildman–Crippen LogP) is 4.42. The van der Waals surface area contributed by atoms with Crippen LogP contribution in [0.25, 0.3) is 0 Å². The fraction of sp³-hybridized carbons (Fsp3) is 0.174. The van der Waals surface area contributed by atoms with Crippen molar-refractivity contribution in [3.63, 3.8) is 0 Å². The van der Waals surface area contributed by atoms with E-state index in [1.165, 1.54) is 21.1 Å². The molecule has 1 N–H and O–H groups in total. The van der Waals surface area contributed by atoms with Crippen molar-refractivity contribution in [2.45, 2.75) is 25.9 Å². The van der Waals surface area contributed by atoms with Gasteiger partial charge >= 0.3 is 6.03 Å². The van der Waals surface area contributed by atoms with E-state index < -0.39 is 12.1 Å². The zero-order valence-electron chi connectivity index (χ0n) is 16.4. The van der Waals surface area contributed by atoms with Gasteiger partial charge in [-0.15, -0.1) is 11.3 Å². The van der Waals surface area contributed by atoms with E-state index in [2.05, 4.69) is 5.32 Å². The average Bonchev–Trinajstić information content (AvgIpc) is 3.33. The lowest BCUT2D eigenvalue weighted by Crippen LogP contribution is -2.37. The van der Waals surface area contributed by atoms with Gasteiger partial charge in [0, 0.05) is 10.6 Å². The van der Waals surface area contributed by atoms with E-state index in [0.29, 0.717) is 11.4 Å². The number of imide groups is 1. The number of aryl methyl sites for hydroxylation is 1. The van der Waals surface area contributed by atoms with Crippen molar-refractivity contribution >= 4 is 40.6 Å². The summed E-state index contributed by atoms with van der Waals surface area (Å²) in [5.41, 5.74) is 2.20. The number of carbonyl (C=O) groups is 3. The first-order valence-corrected chi connectivity index (χ1v) is 10.5. The Labute approximate surface area is 178 Å². The Morgan fingerprint density at radius 3 is 2.40 bits per heavy atom. The van der Waals surface area contributed by atoms with Crippen molar-refractivity contribution in [2.75, 3.05) is 10.2 Å². The van der Waals surface area contributed by atoms with E-state index in [1.807, 2.05) is 54.8 Å². The van der Waals surface area contributed by atoms with Gasteiger partial charge < -0.3 is 10.2 Å². The highest BCUT2D eigenvalue weighted by Crippen LogP contribution is 2.29. The van der Waals surface area contributed by atoms with Crippen molar-refractivity contribution in [2.24, 2.45) is 0 Å². The Morgan fingerprint density at radius 2 is 1.73 bits per heavy atom. The summed E-state index contributed by atoms with van der Waals surface area (Å²) in [6, 6.07) is 18.8. The smallest absolute Gasteiger partial charge is 0.326 e. The summed E-state index contributed by atoms with van der Waals surface area (Å²) in [5.74, 6) is -0.696. The minimum atomic E-state index is -0.857. The number of nitrogens with zero attached hydrogens (tertiary/aromatic N) is 2. The summed E-state index contributed by atoms with van der Waals surface area (Å²) in [7, 11) is 0. The van der Waals surface area contributed by atoms with Gasteiger partial charge in [-0.1, -0.05) is 42.0 Å². The van der Waals surface area contributed by atoms with Crippen molar-refractivity contribution in [1.82, 2.24) is 4.90 Å². The maximum Gasteiger partial charge on any atom is 0.332 e. The number of carbonyl (C=O) groups excluding carboxylic acids is 3. The molecule has 0 radical (unpaired) electrons. The van der Waals surface area contributed by atoms with Gasteiger partial charge in [0.15, 0.2) is 0 Å². The molecule has 3 aromatic rings. The summed E-state index contributed by atoms with van der Waals surface area (Å²) >= 11 is 1.51. The van der Waals surface area contributed by atoms with Gasteiger partial charge in [0.05, 0.1) is 18.7 Å². The van der Waals surface area contributed by atoms with Crippen LogP contribution in [-0.4, -0.2) is 28.8 Å². The Kier molecular flexibility index (Phi) is 5.63. The Morgan fingerprint density at radius 1 is 1.00 bits per heavy atom. The number of nitrogens with one attached hydrogen (secondary N) is 1. The first-order chi connectivity index (χ1) is 14.5. The second-order valence-electron chi connectivity index (χ2n) is 7.13. The lowest BCUT2D eigenvalue weighted by Gasteiger charge is -2.21. The molecule has 0 spiro atoms. The molecule has 1 aliphatic heterocycles. The van der Waals surface area contributed by atoms with E-state index in [4.69, 9.17) is 0 Å². The van der Waals surface area contributed by atoms with Gasteiger partial charge in [0.25, 0.3) is 5.91 Å². The lowest BCUT2D eigenvalue weighted by atomic mass is 10.1. The van der Waals surface area contributed by atoms with Crippen LogP contribution in [0.2, 0.25) is 0 Å². The molecule has 7 heteroatoms. The highest BCUT2D eigenvalue weighted by atomic mass is 32.1. The molecule has 6 nitrogen and oxygen atoms in total. The molecular weight excluding hydrogens is 398 g/mol. The summed E-state index contributed by atoms with van der Waals surface area (Å²) < 4.78 is 0. The molecule has 30 heavy (non-hydrogen) atoms. The SMILES string of the molecule is Cc1ccc(N2C(=O)[C@H](CC(=O)Nc3ccccc3)N(Cc3cccs3)C2=O)cc1. The molecule has 1 aromatic heterocycles. The van der Waals surface area contributed by atoms with Crippen molar-refractivity contribution < 1.29 is 14.4 Å². The highest BCUT2D eigenvalue weighted by molar-refractivity contribution is 7.09. The van der Waals surface area contributed by atoms with Crippen LogP contribution in [0.1, 0.15) is 16.9 Å². The molecule has 2 heterocycles. The number of hydrogen-bond donors (Lipinski definition) is 1. The van der Waals surface area contributed by atoms with Crippen LogP contribution in [-0.2, 0) is 16.1 Å². The van der Waals surface area contributed by atoms with Crippen LogP contribution in [0.15, 0.2) is 72.1 Å². The fourth-order valence-electron chi connectivity index (χ4n) is 3.42. The number of amides is 4. The fourth-order valence-corrected chi connectivity index (χ4v) is 4.13. The maximum atomic E-state index is 13.2. The summed E-state index contributed by atoms with van der Waals surface area (Å²) in [4.78, 5) is 42.6. The molecular formula is C23H21N3O3S. The zero-order valence-corrected chi connectivity index (χ0v) is 17.3. The predicted molar refractivity (Wildman–Crippen MR) is 117 cm³/mol. The molecule has 0 bridgehead atoms. The van der Waals surface area contributed by atoms with E-state index in [0.717, 1.165) is 10.4 Å². The first-order valence-electron chi connectivity index (χ1n) is 9.61. The minimum Gasteiger partial charge on any atom is -0.326 e. The van der Waals surface area contributed by atoms with Crippen LogP contribution < -0.4 is 10.2 Å². The van der Waals surface area contributed by atoms with E-state index in [9.17, 15) is 14.4 Å². The Balaban J connectivity index is 1.59. The average molecular weight is 420 g/mol. The third-order valence-corrected chi connectivity index (χ3v) is 5.81. The molecule has 1 fully saturated rings. The van der Waals surface area contributed by atoms with Gasteiger partial charge in [-0.2, -0.15) is 0 Å². The van der Waals surface area contributed by atoms with Crippen molar-refractivity contribution in [3.8, 4) is 0 Å². The molecule has 4 amide bonds. The van der Waals surface area contributed by atoms with Gasteiger partial charge in [-0.25, -0.2) is 9.69 Å². The number of thiophene rings is 1. The molecule has 2 aromatic carbocycles. The van der Waals surface area contributed by atoms with Crippen LogP contribution >= 0.6 is 11.3 Å². The standard InChI is InChI=1S/C23H21N3O3S/c1-16-9-11-18(12-10-16)26-22(28)20(14-21(27)24-17-6-3-2-4-7-17)25(23(26)29)15-19-8-5-13-30-19/h2-13,20H,14-15H2,1H3,(H,24,27)/t20-/m0/s1. The largest absolute Gasteiger partial charge is 0.332 e. The van der Waals surface area contributed by atoms with Crippen LogP contribution in [0.3, 0.4) is 0 Å². The number of para-hydroxylation sites is 1. The van der Waals surface area contributed by atoms with Gasteiger partial charge in [-0.05, 0) is 42.6 Å². The van der Waals surface area contributed by atoms with E-state index >= 15 is 0 Å². The molecule has 0 unspecified atom stereocenters. The van der Waals surface area contributed by atoms with Crippen molar-refractivity contribution in [1.29, 1.82) is 0 Å². The summed E-state index contributed by atoms with van der Waals surface area (Å²) in [5, 5.41) is 4.72. The van der Waals surface area contributed by atoms with Crippen molar-refractivity contribution in [3.05, 3.63) is 82.6 Å². The molecule has 1 saturated heterocycles. The Hall–Kier alpha value is -3.45. The number of benzene rings is 2. The number of rotatable bonds is 6. The van der Waals surface area contributed by atoms with Gasteiger partial charge in [-0.3, -0.25) is 9.59 Å². The van der Waals surface area contributed by atoms with Gasteiger partial charge in [0.2, 0.25) is 5.91 Å². The third kappa shape index (κ3) is 4.11. The molecule has 0 saturated carbocycles. The third-order valence-electron chi connectivity index (χ3n) is 4.95. The highest BCUT2D eigenvalue weighted by Gasteiger charge is 2.46. The summed E-state index contributed by atoms with van der Waals surface area (Å²) in [6.45, 7) is 2.23. The maximum absolute atomic E-state index is 13.2. The normalized spacial score (nSPS) is 16.2. The Bertz CT molecular complexity index is 1050. The minimum absolute atomic E-state index is 0.104. The zero-order chi connectivity index (χ0) is 21.1. The van der Waals surface area contributed by atoms with E-state index in [-0.39, 0.29) is 24.8 Å². The number of hydrogen-bond acceptors (Lipinski definition) is 4. The van der Waals surface area contributed by atoms with Crippen LogP contribution in [0.5, 0.6) is 0 Å². The van der Waals surface area contributed by atoms with E-state index in [1.54, 1.807) is 24.3 Å². The molecule has 152 valence electrons. The first kappa shape index (κ1) is 19.8. The number of anilines is 2. The second kappa shape index (κ2) is 8.51. The van der Waals surface area contributed by atoms with Crippen LogP contribution in [0.4, 0.5) is 16.2 Å². The molecule has 1 atom stereocenters. The van der Waals surface area contributed by atoms with Crippen LogP contribution in [0, 0.1) is 6.92 Å². The lowest BCUT2D eigenvalue weighted by molar-refractivity contribution is -0.124. The molecule has 0 aliphatic carbocycles. The number of urea groups is 1. The van der Waals surface area contributed by atoms with Gasteiger partial charge in [0.1, 0.15) is 6.04 Å². The topological polar surface area (TPSA) is 69.7 Å². The quantitative estimate of drug-likeness (QED) is 0.601. The second-order valence-corrected chi connectivity index (χ2v) is 8.17. The molecule has 1 aliphatic rings. The molecule has 4 rings (SSSR count). The monoisotopic (exact) mass is 419 g/mol.